The molecule has 1 aromatic heterocycles. The second-order valence-electron chi connectivity index (χ2n) is 7.27. The Morgan fingerprint density at radius 2 is 1.97 bits per heavy atom. The molecule has 1 aliphatic heterocycles. The Morgan fingerprint density at radius 1 is 1.17 bits per heavy atom. The lowest BCUT2D eigenvalue weighted by atomic mass is 10.0. The minimum atomic E-state index is -3.35. The fourth-order valence-electron chi connectivity index (χ4n) is 3.66. The summed E-state index contributed by atoms with van der Waals surface area (Å²) in [5, 5.41) is 3.96. The average molecular weight is 431 g/mol. The molecule has 2 aromatic carbocycles. The highest BCUT2D eigenvalue weighted by Crippen LogP contribution is 2.26. The van der Waals surface area contributed by atoms with E-state index in [1.807, 2.05) is 6.07 Å². The fraction of sp³-hybridized carbons (Fsp3) is 0.333. The maximum Gasteiger partial charge on any atom is 0.175 e. The SMILES string of the molecule is CS(=O)(=O)c1ccc2ncnc(NCC(c3cccc(F)c3)N3CCOCC3)c2c1. The number of halogens is 1. The molecular weight excluding hydrogens is 407 g/mol. The van der Waals surface area contributed by atoms with E-state index in [1.165, 1.54) is 24.7 Å². The molecule has 0 aliphatic carbocycles. The topological polar surface area (TPSA) is 84.4 Å². The van der Waals surface area contributed by atoms with Crippen molar-refractivity contribution in [2.24, 2.45) is 0 Å². The first-order valence-corrected chi connectivity index (χ1v) is 11.6. The number of hydrogen-bond donors (Lipinski definition) is 1. The van der Waals surface area contributed by atoms with Crippen LogP contribution in [0.15, 0.2) is 53.7 Å². The van der Waals surface area contributed by atoms with Crippen molar-refractivity contribution in [2.75, 3.05) is 44.4 Å². The molecular formula is C21H23FN4O3S. The van der Waals surface area contributed by atoms with Gasteiger partial charge in [0.25, 0.3) is 0 Å². The first-order chi connectivity index (χ1) is 14.4. The van der Waals surface area contributed by atoms with Crippen LogP contribution in [0.2, 0.25) is 0 Å². The number of sulfone groups is 1. The first-order valence-electron chi connectivity index (χ1n) is 9.68. The molecule has 7 nitrogen and oxygen atoms in total. The molecule has 0 bridgehead atoms. The van der Waals surface area contributed by atoms with Crippen LogP contribution in [0.1, 0.15) is 11.6 Å². The molecule has 30 heavy (non-hydrogen) atoms. The predicted octanol–water partition coefficient (Wildman–Crippen LogP) is 2.66. The van der Waals surface area contributed by atoms with Gasteiger partial charge >= 0.3 is 0 Å². The van der Waals surface area contributed by atoms with Crippen LogP contribution >= 0.6 is 0 Å². The fourth-order valence-corrected chi connectivity index (χ4v) is 4.31. The third kappa shape index (κ3) is 4.58. The molecule has 1 atom stereocenters. The lowest BCUT2D eigenvalue weighted by Gasteiger charge is -2.35. The molecule has 0 saturated carbocycles. The van der Waals surface area contributed by atoms with E-state index in [-0.39, 0.29) is 16.8 Å². The molecule has 2 heterocycles. The van der Waals surface area contributed by atoms with Crippen LogP contribution in [0.3, 0.4) is 0 Å². The number of benzene rings is 2. The van der Waals surface area contributed by atoms with Crippen molar-refractivity contribution in [3.8, 4) is 0 Å². The van der Waals surface area contributed by atoms with Crippen LogP contribution in [0.5, 0.6) is 0 Å². The predicted molar refractivity (Wildman–Crippen MR) is 113 cm³/mol. The van der Waals surface area contributed by atoms with Gasteiger partial charge in [-0.15, -0.1) is 0 Å². The van der Waals surface area contributed by atoms with Gasteiger partial charge in [0.15, 0.2) is 9.84 Å². The Bertz CT molecular complexity index is 1150. The third-order valence-electron chi connectivity index (χ3n) is 5.22. The minimum Gasteiger partial charge on any atom is -0.379 e. The number of ether oxygens (including phenoxy) is 1. The lowest BCUT2D eigenvalue weighted by molar-refractivity contribution is 0.0186. The van der Waals surface area contributed by atoms with E-state index in [4.69, 9.17) is 4.74 Å². The molecule has 1 fully saturated rings. The molecule has 1 unspecified atom stereocenters. The monoisotopic (exact) mass is 430 g/mol. The molecule has 158 valence electrons. The van der Waals surface area contributed by atoms with Gasteiger partial charge in [0.05, 0.1) is 29.7 Å². The zero-order chi connectivity index (χ0) is 21.1. The van der Waals surface area contributed by atoms with E-state index in [0.29, 0.717) is 36.5 Å². The zero-order valence-corrected chi connectivity index (χ0v) is 17.4. The van der Waals surface area contributed by atoms with E-state index in [9.17, 15) is 12.8 Å². The summed E-state index contributed by atoms with van der Waals surface area (Å²) in [7, 11) is -3.35. The molecule has 0 spiro atoms. The summed E-state index contributed by atoms with van der Waals surface area (Å²) in [5.41, 5.74) is 1.51. The number of anilines is 1. The smallest absolute Gasteiger partial charge is 0.175 e. The summed E-state index contributed by atoms with van der Waals surface area (Å²) in [5.74, 6) is 0.260. The van der Waals surface area contributed by atoms with Crippen LogP contribution < -0.4 is 5.32 Å². The highest BCUT2D eigenvalue weighted by Gasteiger charge is 2.23. The van der Waals surface area contributed by atoms with Crippen LogP contribution in [-0.4, -0.2) is 62.4 Å². The van der Waals surface area contributed by atoms with Gasteiger partial charge in [0.2, 0.25) is 0 Å². The molecule has 1 saturated heterocycles. The van der Waals surface area contributed by atoms with Crippen molar-refractivity contribution in [3.63, 3.8) is 0 Å². The second kappa shape index (κ2) is 8.63. The normalized spacial score (nSPS) is 16.5. The number of morpholine rings is 1. The van der Waals surface area contributed by atoms with Crippen LogP contribution in [0.25, 0.3) is 10.9 Å². The summed E-state index contributed by atoms with van der Waals surface area (Å²) in [6.45, 7) is 3.20. The maximum absolute atomic E-state index is 13.9. The number of nitrogens with zero attached hydrogens (tertiary/aromatic N) is 3. The van der Waals surface area contributed by atoms with Crippen molar-refractivity contribution in [2.45, 2.75) is 10.9 Å². The zero-order valence-electron chi connectivity index (χ0n) is 16.6. The summed E-state index contributed by atoms with van der Waals surface area (Å²) >= 11 is 0. The van der Waals surface area contributed by atoms with Gasteiger partial charge in [-0.2, -0.15) is 0 Å². The Balaban J connectivity index is 1.65. The van der Waals surface area contributed by atoms with Gasteiger partial charge in [-0.3, -0.25) is 4.90 Å². The number of nitrogens with one attached hydrogen (secondary N) is 1. The highest BCUT2D eigenvalue weighted by atomic mass is 32.2. The number of hydrogen-bond acceptors (Lipinski definition) is 7. The molecule has 0 amide bonds. The van der Waals surface area contributed by atoms with Gasteiger partial charge in [0.1, 0.15) is 18.0 Å². The van der Waals surface area contributed by atoms with Gasteiger partial charge in [-0.1, -0.05) is 12.1 Å². The second-order valence-corrected chi connectivity index (χ2v) is 9.29. The van der Waals surface area contributed by atoms with Gasteiger partial charge in [-0.05, 0) is 35.9 Å². The van der Waals surface area contributed by atoms with E-state index < -0.39 is 9.84 Å². The van der Waals surface area contributed by atoms with Gasteiger partial charge in [-0.25, -0.2) is 22.8 Å². The van der Waals surface area contributed by atoms with Crippen molar-refractivity contribution >= 4 is 26.6 Å². The van der Waals surface area contributed by atoms with Gasteiger partial charge in [0, 0.05) is 31.3 Å². The Labute approximate surface area is 174 Å². The van der Waals surface area contributed by atoms with E-state index in [1.54, 1.807) is 24.3 Å². The van der Waals surface area contributed by atoms with Crippen LogP contribution in [0, 0.1) is 5.82 Å². The maximum atomic E-state index is 13.9. The Kier molecular flexibility index (Phi) is 5.94. The van der Waals surface area contributed by atoms with E-state index in [2.05, 4.69) is 20.2 Å². The Morgan fingerprint density at radius 3 is 2.70 bits per heavy atom. The number of rotatable bonds is 6. The lowest BCUT2D eigenvalue weighted by Crippen LogP contribution is -2.41. The summed E-state index contributed by atoms with van der Waals surface area (Å²) < 4.78 is 43.3. The molecule has 1 N–H and O–H groups in total. The van der Waals surface area contributed by atoms with E-state index >= 15 is 0 Å². The van der Waals surface area contributed by atoms with Crippen LogP contribution in [0.4, 0.5) is 10.2 Å². The first kappa shape index (κ1) is 20.6. The standard InChI is InChI=1S/C21H23FN4O3S/c1-30(27,28)17-5-6-19-18(12-17)21(25-14-24-19)23-13-20(26-7-9-29-10-8-26)15-3-2-4-16(22)11-15/h2-6,11-12,14,20H,7-10,13H2,1H3,(H,23,24,25). The Hall–Kier alpha value is -2.62. The van der Waals surface area contributed by atoms with Crippen molar-refractivity contribution < 1.29 is 17.5 Å². The average Bonchev–Trinajstić information content (AvgIpc) is 2.74. The van der Waals surface area contributed by atoms with Crippen molar-refractivity contribution in [3.05, 3.63) is 60.2 Å². The molecule has 4 rings (SSSR count). The van der Waals surface area contributed by atoms with Gasteiger partial charge < -0.3 is 10.1 Å². The minimum absolute atomic E-state index is 0.0901. The molecule has 3 aromatic rings. The summed E-state index contributed by atoms with van der Waals surface area (Å²) in [4.78, 5) is 11.0. The third-order valence-corrected chi connectivity index (χ3v) is 6.33. The largest absolute Gasteiger partial charge is 0.379 e. The number of fused-ring (bicyclic) bond motifs is 1. The van der Waals surface area contributed by atoms with E-state index in [0.717, 1.165) is 18.7 Å². The number of aromatic nitrogens is 2. The molecule has 1 aliphatic rings. The highest BCUT2D eigenvalue weighted by molar-refractivity contribution is 7.90. The summed E-state index contributed by atoms with van der Waals surface area (Å²) in [6.07, 6.45) is 2.61. The summed E-state index contributed by atoms with van der Waals surface area (Å²) in [6, 6.07) is 11.3. The molecule has 9 heteroatoms. The van der Waals surface area contributed by atoms with Crippen molar-refractivity contribution in [1.29, 1.82) is 0 Å². The van der Waals surface area contributed by atoms with Crippen molar-refractivity contribution in [1.82, 2.24) is 14.9 Å². The molecule has 0 radical (unpaired) electrons. The quantitative estimate of drug-likeness (QED) is 0.644. The van der Waals surface area contributed by atoms with Crippen LogP contribution in [-0.2, 0) is 14.6 Å².